The van der Waals surface area contributed by atoms with E-state index in [1.807, 2.05) is 36.4 Å². The Hall–Kier alpha value is -2.86. The van der Waals surface area contributed by atoms with Crippen molar-refractivity contribution in [1.82, 2.24) is 0 Å². The number of rotatable bonds is 5. The van der Waals surface area contributed by atoms with Crippen LogP contribution < -0.4 is 10.2 Å². The second kappa shape index (κ2) is 8.88. The number of nitrogens with one attached hydrogen (secondary N) is 1. The van der Waals surface area contributed by atoms with E-state index in [0.717, 1.165) is 54.6 Å². The van der Waals surface area contributed by atoms with Crippen LogP contribution in [-0.4, -0.2) is 30.8 Å². The summed E-state index contributed by atoms with van der Waals surface area (Å²) in [6, 6.07) is 13.6. The van der Waals surface area contributed by atoms with E-state index in [9.17, 15) is 9.59 Å². The van der Waals surface area contributed by atoms with Crippen molar-refractivity contribution < 1.29 is 19.1 Å². The van der Waals surface area contributed by atoms with Crippen LogP contribution in [0.4, 0.5) is 21.9 Å². The van der Waals surface area contributed by atoms with Crippen molar-refractivity contribution >= 4 is 29.1 Å². The molecule has 1 aliphatic carbocycles. The highest BCUT2D eigenvalue weighted by Crippen LogP contribution is 2.38. The minimum absolute atomic E-state index is 0.0471. The number of benzene rings is 2. The van der Waals surface area contributed by atoms with Gasteiger partial charge in [-0.2, -0.15) is 0 Å². The van der Waals surface area contributed by atoms with Crippen molar-refractivity contribution in [3.8, 4) is 0 Å². The third-order valence-corrected chi connectivity index (χ3v) is 5.56. The van der Waals surface area contributed by atoms with Crippen molar-refractivity contribution in [2.24, 2.45) is 0 Å². The molecule has 2 aromatic carbocycles. The number of para-hydroxylation sites is 1. The monoisotopic (exact) mass is 408 g/mol. The normalized spacial score (nSPS) is 15.6. The van der Waals surface area contributed by atoms with Crippen LogP contribution in [0.3, 0.4) is 0 Å². The lowest BCUT2D eigenvalue weighted by atomic mass is 9.96. The summed E-state index contributed by atoms with van der Waals surface area (Å²) in [7, 11) is 0. The number of fused-ring (bicyclic) bond motifs is 2. The van der Waals surface area contributed by atoms with Gasteiger partial charge in [-0.05, 0) is 75.3 Å². The summed E-state index contributed by atoms with van der Waals surface area (Å²) in [5, 5.41) is 2.77. The smallest absolute Gasteiger partial charge is 0.411 e. The Bertz CT molecular complexity index is 937. The molecule has 2 amide bonds. The first-order valence-corrected chi connectivity index (χ1v) is 10.6. The molecule has 0 unspecified atom stereocenters. The molecule has 2 aromatic rings. The van der Waals surface area contributed by atoms with Crippen molar-refractivity contribution in [2.75, 3.05) is 16.8 Å². The minimum Gasteiger partial charge on any atom is -0.447 e. The van der Waals surface area contributed by atoms with Gasteiger partial charge in [0.05, 0.1) is 23.6 Å². The van der Waals surface area contributed by atoms with Gasteiger partial charge in [0, 0.05) is 5.69 Å². The fraction of sp³-hybridized carbons (Fsp3) is 0.417. The van der Waals surface area contributed by atoms with Gasteiger partial charge in [0.25, 0.3) is 5.91 Å². The molecule has 1 heterocycles. The molecule has 0 atom stereocenters. The van der Waals surface area contributed by atoms with Crippen molar-refractivity contribution in [3.05, 3.63) is 53.6 Å². The van der Waals surface area contributed by atoms with E-state index in [1.54, 1.807) is 18.7 Å². The van der Waals surface area contributed by atoms with E-state index in [1.165, 1.54) is 0 Å². The molecule has 4 rings (SSSR count). The highest BCUT2D eigenvalue weighted by Gasteiger charge is 2.28. The van der Waals surface area contributed by atoms with E-state index in [-0.39, 0.29) is 24.7 Å². The van der Waals surface area contributed by atoms with Crippen LogP contribution in [0.2, 0.25) is 0 Å². The van der Waals surface area contributed by atoms with Gasteiger partial charge in [-0.1, -0.05) is 24.3 Å². The average molecular weight is 408 g/mol. The van der Waals surface area contributed by atoms with Crippen LogP contribution in [0.25, 0.3) is 0 Å². The third-order valence-electron chi connectivity index (χ3n) is 5.56. The molecule has 1 N–H and O–H groups in total. The van der Waals surface area contributed by atoms with E-state index in [0.29, 0.717) is 5.69 Å². The number of hydrogen-bond donors (Lipinski definition) is 1. The molecule has 30 heavy (non-hydrogen) atoms. The lowest BCUT2D eigenvalue weighted by molar-refractivity contribution is -0.126. The zero-order valence-electron chi connectivity index (χ0n) is 17.5. The number of carbonyl (C=O) groups excluding carboxylic acids is 2. The number of amides is 2. The van der Waals surface area contributed by atoms with E-state index in [2.05, 4.69) is 11.4 Å². The standard InChI is InChI=1S/C24H28N2O4/c1-16(2)30-24(28)25-19-13-12-18-11-10-17-6-3-4-9-21(17)26(22(18)14-19)23(27)15-29-20-7-5-8-20/h3-4,6,9,12-14,16,20H,5,7-8,10-11,15H2,1-2H3,(H,25,28). The lowest BCUT2D eigenvalue weighted by Crippen LogP contribution is -2.34. The molecular formula is C24H28N2O4. The van der Waals surface area contributed by atoms with Crippen molar-refractivity contribution in [2.45, 2.75) is 58.2 Å². The summed E-state index contributed by atoms with van der Waals surface area (Å²) in [5.74, 6) is -0.0978. The van der Waals surface area contributed by atoms with E-state index < -0.39 is 6.09 Å². The van der Waals surface area contributed by atoms with Gasteiger partial charge < -0.3 is 9.47 Å². The summed E-state index contributed by atoms with van der Waals surface area (Å²) < 4.78 is 11.0. The van der Waals surface area contributed by atoms with Crippen molar-refractivity contribution in [3.63, 3.8) is 0 Å². The van der Waals surface area contributed by atoms with Crippen molar-refractivity contribution in [1.29, 1.82) is 0 Å². The van der Waals surface area contributed by atoms with Crippen LogP contribution >= 0.6 is 0 Å². The summed E-state index contributed by atoms with van der Waals surface area (Å²) in [6.45, 7) is 3.65. The summed E-state index contributed by atoms with van der Waals surface area (Å²) in [6.07, 6.45) is 4.34. The number of ether oxygens (including phenoxy) is 2. The predicted molar refractivity (Wildman–Crippen MR) is 116 cm³/mol. The Kier molecular flexibility index (Phi) is 6.04. The van der Waals surface area contributed by atoms with Crippen LogP contribution in [0.5, 0.6) is 0 Å². The lowest BCUT2D eigenvalue weighted by Gasteiger charge is -2.29. The Morgan fingerprint density at radius 2 is 1.80 bits per heavy atom. The first kappa shape index (κ1) is 20.4. The SMILES string of the molecule is CC(C)OC(=O)Nc1ccc2c(c1)N(C(=O)COC1CCC1)c1ccccc1CC2. The molecule has 0 radical (unpaired) electrons. The molecule has 1 fully saturated rings. The van der Waals surface area contributed by atoms with E-state index >= 15 is 0 Å². The minimum atomic E-state index is -0.509. The number of nitrogens with zero attached hydrogens (tertiary/aromatic N) is 1. The zero-order chi connectivity index (χ0) is 21.1. The first-order chi connectivity index (χ1) is 14.5. The zero-order valence-corrected chi connectivity index (χ0v) is 17.5. The number of anilines is 3. The van der Waals surface area contributed by atoms with Crippen LogP contribution in [0.15, 0.2) is 42.5 Å². The fourth-order valence-corrected chi connectivity index (χ4v) is 3.82. The van der Waals surface area contributed by atoms with Gasteiger partial charge in [-0.25, -0.2) is 4.79 Å². The Labute approximate surface area is 177 Å². The van der Waals surface area contributed by atoms with Crippen LogP contribution in [0, 0.1) is 0 Å². The van der Waals surface area contributed by atoms with Gasteiger partial charge in [0.2, 0.25) is 0 Å². The molecule has 6 nitrogen and oxygen atoms in total. The molecule has 0 spiro atoms. The van der Waals surface area contributed by atoms with Gasteiger partial charge >= 0.3 is 6.09 Å². The molecule has 6 heteroatoms. The molecule has 0 saturated heterocycles. The molecular weight excluding hydrogens is 380 g/mol. The molecule has 158 valence electrons. The van der Waals surface area contributed by atoms with Gasteiger partial charge in [-0.3, -0.25) is 15.0 Å². The first-order valence-electron chi connectivity index (χ1n) is 10.6. The predicted octanol–water partition coefficient (Wildman–Crippen LogP) is 4.98. The molecule has 0 aromatic heterocycles. The topological polar surface area (TPSA) is 67.9 Å². The molecule has 2 aliphatic rings. The van der Waals surface area contributed by atoms with Gasteiger partial charge in [0.1, 0.15) is 6.61 Å². The highest BCUT2D eigenvalue weighted by atomic mass is 16.6. The quantitative estimate of drug-likeness (QED) is 0.758. The summed E-state index contributed by atoms with van der Waals surface area (Å²) in [4.78, 5) is 27.1. The van der Waals surface area contributed by atoms with E-state index in [4.69, 9.17) is 9.47 Å². The second-order valence-corrected chi connectivity index (χ2v) is 8.14. The van der Waals surface area contributed by atoms with Gasteiger partial charge in [0.15, 0.2) is 0 Å². The largest absolute Gasteiger partial charge is 0.447 e. The maximum absolute atomic E-state index is 13.3. The molecule has 1 aliphatic heterocycles. The Balaban J connectivity index is 1.65. The third kappa shape index (κ3) is 4.49. The average Bonchev–Trinajstić information content (AvgIpc) is 2.82. The van der Waals surface area contributed by atoms with Crippen LogP contribution in [-0.2, 0) is 27.1 Å². The fourth-order valence-electron chi connectivity index (χ4n) is 3.82. The molecule has 0 bridgehead atoms. The summed E-state index contributed by atoms with van der Waals surface area (Å²) in [5.41, 5.74) is 4.44. The maximum Gasteiger partial charge on any atom is 0.411 e. The Morgan fingerprint density at radius 1 is 1.07 bits per heavy atom. The molecule has 1 saturated carbocycles. The number of hydrogen-bond acceptors (Lipinski definition) is 4. The number of carbonyl (C=O) groups is 2. The summed E-state index contributed by atoms with van der Waals surface area (Å²) >= 11 is 0. The second-order valence-electron chi connectivity index (χ2n) is 8.14. The van der Waals surface area contributed by atoms with Crippen LogP contribution in [0.1, 0.15) is 44.2 Å². The number of aryl methyl sites for hydroxylation is 2. The van der Waals surface area contributed by atoms with Gasteiger partial charge in [-0.15, -0.1) is 0 Å². The Morgan fingerprint density at radius 3 is 2.50 bits per heavy atom. The maximum atomic E-state index is 13.3. The highest BCUT2D eigenvalue weighted by molar-refractivity contribution is 6.03.